The van der Waals surface area contributed by atoms with Gasteiger partial charge in [0.15, 0.2) is 0 Å². The van der Waals surface area contributed by atoms with Crippen molar-refractivity contribution in [3.8, 4) is 17.0 Å². The molecule has 0 spiro atoms. The third-order valence-electron chi connectivity index (χ3n) is 6.39. The van der Waals surface area contributed by atoms with Crippen molar-refractivity contribution in [2.45, 2.75) is 40.0 Å². The van der Waals surface area contributed by atoms with Crippen LogP contribution in [0.4, 0.5) is 5.69 Å². The highest BCUT2D eigenvalue weighted by atomic mass is 16.3. The molecular weight excluding hydrogens is 416 g/mol. The standard InChI is InChI=1S/C31H30N2O/c1-21-18-25(22(2)33(21)28-16-12-26(13-17-28)31(3,4)5)20-32-27-14-10-23(11-15-27)30-19-24-8-6-7-9-29(24)34-30/h6-20H,1-5H3. The van der Waals surface area contributed by atoms with E-state index >= 15 is 0 Å². The van der Waals surface area contributed by atoms with Crippen molar-refractivity contribution in [2.24, 2.45) is 4.99 Å². The number of aryl methyl sites for hydroxylation is 1. The Morgan fingerprint density at radius 3 is 2.21 bits per heavy atom. The Balaban J connectivity index is 1.37. The smallest absolute Gasteiger partial charge is 0.135 e. The van der Waals surface area contributed by atoms with Crippen molar-refractivity contribution in [3.05, 3.63) is 107 Å². The lowest BCUT2D eigenvalue weighted by Gasteiger charge is -2.20. The Hall–Kier alpha value is -3.85. The molecule has 3 heteroatoms. The molecule has 2 aromatic heterocycles. The topological polar surface area (TPSA) is 30.4 Å². The van der Waals surface area contributed by atoms with Gasteiger partial charge in [0.2, 0.25) is 0 Å². The zero-order valence-electron chi connectivity index (χ0n) is 20.5. The van der Waals surface area contributed by atoms with Crippen LogP contribution in [0.2, 0.25) is 0 Å². The fraction of sp³-hybridized carbons (Fsp3) is 0.194. The van der Waals surface area contributed by atoms with E-state index in [1.54, 1.807) is 0 Å². The molecule has 0 unspecified atom stereocenters. The second kappa shape index (κ2) is 8.49. The monoisotopic (exact) mass is 446 g/mol. The van der Waals surface area contributed by atoms with Gasteiger partial charge in [0.1, 0.15) is 11.3 Å². The fourth-order valence-electron chi connectivity index (χ4n) is 4.41. The molecule has 0 saturated heterocycles. The number of hydrogen-bond acceptors (Lipinski definition) is 2. The number of fused-ring (bicyclic) bond motifs is 1. The molecule has 0 bridgehead atoms. The Kier molecular flexibility index (Phi) is 5.49. The van der Waals surface area contributed by atoms with Gasteiger partial charge < -0.3 is 8.98 Å². The zero-order valence-corrected chi connectivity index (χ0v) is 20.5. The zero-order chi connectivity index (χ0) is 23.9. The van der Waals surface area contributed by atoms with Gasteiger partial charge in [0.25, 0.3) is 0 Å². The van der Waals surface area contributed by atoms with Gasteiger partial charge in [-0.3, -0.25) is 4.99 Å². The van der Waals surface area contributed by atoms with Gasteiger partial charge in [-0.15, -0.1) is 0 Å². The molecule has 0 saturated carbocycles. The average Bonchev–Trinajstić information content (AvgIpc) is 3.38. The van der Waals surface area contributed by atoms with Gasteiger partial charge >= 0.3 is 0 Å². The molecule has 0 atom stereocenters. The van der Waals surface area contributed by atoms with Crippen molar-refractivity contribution in [3.63, 3.8) is 0 Å². The fourth-order valence-corrected chi connectivity index (χ4v) is 4.41. The van der Waals surface area contributed by atoms with Crippen LogP contribution in [-0.4, -0.2) is 10.8 Å². The molecule has 0 radical (unpaired) electrons. The van der Waals surface area contributed by atoms with Crippen LogP contribution < -0.4 is 0 Å². The van der Waals surface area contributed by atoms with E-state index in [1.165, 1.54) is 22.6 Å². The first kappa shape index (κ1) is 22.0. The van der Waals surface area contributed by atoms with Crippen LogP contribution in [0.25, 0.3) is 28.0 Å². The van der Waals surface area contributed by atoms with Gasteiger partial charge in [0.05, 0.1) is 5.69 Å². The molecule has 2 heterocycles. The summed E-state index contributed by atoms with van der Waals surface area (Å²) in [5.41, 5.74) is 9.04. The van der Waals surface area contributed by atoms with Gasteiger partial charge in [0, 0.05) is 39.8 Å². The van der Waals surface area contributed by atoms with E-state index in [1.807, 2.05) is 36.5 Å². The summed E-state index contributed by atoms with van der Waals surface area (Å²) in [6, 6.07) is 29.4. The van der Waals surface area contributed by atoms with E-state index in [0.717, 1.165) is 33.5 Å². The number of hydrogen-bond donors (Lipinski definition) is 0. The predicted octanol–water partition coefficient (Wildman–Crippen LogP) is 8.56. The summed E-state index contributed by atoms with van der Waals surface area (Å²) in [5.74, 6) is 0.873. The summed E-state index contributed by atoms with van der Waals surface area (Å²) < 4.78 is 8.27. The third-order valence-corrected chi connectivity index (χ3v) is 6.39. The molecule has 5 aromatic rings. The lowest BCUT2D eigenvalue weighted by atomic mass is 9.87. The molecule has 170 valence electrons. The SMILES string of the molecule is Cc1cc(C=Nc2ccc(-c3cc4ccccc4o3)cc2)c(C)n1-c1ccc(C(C)(C)C)cc1. The molecule has 0 aliphatic rings. The first-order chi connectivity index (χ1) is 16.3. The van der Waals surface area contributed by atoms with Gasteiger partial charge in [-0.2, -0.15) is 0 Å². The second-order valence-electron chi connectivity index (χ2n) is 9.91. The van der Waals surface area contributed by atoms with Gasteiger partial charge in [-0.25, -0.2) is 0 Å². The summed E-state index contributed by atoms with van der Waals surface area (Å²) in [6.07, 6.45) is 1.96. The summed E-state index contributed by atoms with van der Waals surface area (Å²) >= 11 is 0. The highest BCUT2D eigenvalue weighted by Gasteiger charge is 2.15. The minimum Gasteiger partial charge on any atom is -0.456 e. The maximum Gasteiger partial charge on any atom is 0.135 e. The molecule has 0 aliphatic heterocycles. The lowest BCUT2D eigenvalue weighted by molar-refractivity contribution is 0.590. The number of rotatable bonds is 4. The molecule has 0 N–H and O–H groups in total. The molecule has 34 heavy (non-hydrogen) atoms. The lowest BCUT2D eigenvalue weighted by Crippen LogP contribution is -2.11. The summed E-state index contributed by atoms with van der Waals surface area (Å²) in [6.45, 7) is 11.0. The molecule has 3 aromatic carbocycles. The van der Waals surface area contributed by atoms with Crippen LogP contribution in [0.1, 0.15) is 43.3 Å². The van der Waals surface area contributed by atoms with Crippen LogP contribution in [0.15, 0.2) is 94.3 Å². The van der Waals surface area contributed by atoms with E-state index in [2.05, 4.69) is 93.8 Å². The summed E-state index contributed by atoms with van der Waals surface area (Å²) in [5, 5.41) is 1.11. The summed E-state index contributed by atoms with van der Waals surface area (Å²) in [7, 11) is 0. The molecule has 5 rings (SSSR count). The second-order valence-corrected chi connectivity index (χ2v) is 9.91. The van der Waals surface area contributed by atoms with Crippen molar-refractivity contribution >= 4 is 22.9 Å². The van der Waals surface area contributed by atoms with Gasteiger partial charge in [-0.1, -0.05) is 51.1 Å². The normalized spacial score (nSPS) is 12.1. The van der Waals surface area contributed by atoms with E-state index in [0.29, 0.717) is 0 Å². The van der Waals surface area contributed by atoms with Crippen molar-refractivity contribution in [2.75, 3.05) is 0 Å². The number of benzene rings is 3. The Labute approximate surface area is 201 Å². The highest BCUT2D eigenvalue weighted by Crippen LogP contribution is 2.29. The molecule has 0 amide bonds. The number of furan rings is 1. The average molecular weight is 447 g/mol. The number of nitrogens with zero attached hydrogens (tertiary/aromatic N) is 2. The maximum absolute atomic E-state index is 5.98. The predicted molar refractivity (Wildman–Crippen MR) is 143 cm³/mol. The molecule has 0 fully saturated rings. The van der Waals surface area contributed by atoms with Crippen LogP contribution in [0.3, 0.4) is 0 Å². The summed E-state index contributed by atoms with van der Waals surface area (Å²) in [4.78, 5) is 4.74. The van der Waals surface area contributed by atoms with Crippen molar-refractivity contribution in [1.29, 1.82) is 0 Å². The maximum atomic E-state index is 5.98. The number of aromatic nitrogens is 1. The Morgan fingerprint density at radius 1 is 0.824 bits per heavy atom. The van der Waals surface area contributed by atoms with E-state index in [9.17, 15) is 0 Å². The van der Waals surface area contributed by atoms with Crippen molar-refractivity contribution < 1.29 is 4.42 Å². The first-order valence-electron chi connectivity index (χ1n) is 11.7. The minimum absolute atomic E-state index is 0.150. The molecular formula is C31H30N2O. The minimum atomic E-state index is 0.150. The van der Waals surface area contributed by atoms with Crippen molar-refractivity contribution in [1.82, 2.24) is 4.57 Å². The van der Waals surface area contributed by atoms with E-state index in [4.69, 9.17) is 9.41 Å². The van der Waals surface area contributed by atoms with Crippen LogP contribution in [0, 0.1) is 13.8 Å². The first-order valence-corrected chi connectivity index (χ1v) is 11.7. The van der Waals surface area contributed by atoms with Crippen LogP contribution in [-0.2, 0) is 5.41 Å². The largest absolute Gasteiger partial charge is 0.456 e. The van der Waals surface area contributed by atoms with Crippen LogP contribution >= 0.6 is 0 Å². The number of aliphatic imine (C=N–C) groups is 1. The number of para-hydroxylation sites is 1. The third kappa shape index (κ3) is 4.22. The molecule has 0 aliphatic carbocycles. The van der Waals surface area contributed by atoms with E-state index < -0.39 is 0 Å². The quantitative estimate of drug-likeness (QED) is 0.254. The van der Waals surface area contributed by atoms with E-state index in [-0.39, 0.29) is 5.41 Å². The van der Waals surface area contributed by atoms with Crippen LogP contribution in [0.5, 0.6) is 0 Å². The highest BCUT2D eigenvalue weighted by molar-refractivity contribution is 5.85. The van der Waals surface area contributed by atoms with Gasteiger partial charge in [-0.05, 0) is 79.4 Å². The Morgan fingerprint density at radius 2 is 1.53 bits per heavy atom. The molecule has 3 nitrogen and oxygen atoms in total. The Bertz CT molecular complexity index is 1440.